The third-order valence-electron chi connectivity index (χ3n) is 2.43. The van der Waals surface area contributed by atoms with Gasteiger partial charge in [-0.15, -0.1) is 10.2 Å². The zero-order chi connectivity index (χ0) is 16.1. The largest absolute Gasteiger partial charge is 0.477 e. The molecule has 7 nitrogen and oxygen atoms in total. The molecular formula is C12H18ClNO6. The Morgan fingerprint density at radius 2 is 1.70 bits per heavy atom. The Morgan fingerprint density at radius 1 is 1.25 bits per heavy atom. The molecule has 0 bridgehead atoms. The summed E-state index contributed by atoms with van der Waals surface area (Å²) in [5.41, 5.74) is 3.26. The number of nitrogens with zero attached hydrogens (tertiary/aromatic N) is 1. The van der Waals surface area contributed by atoms with Crippen molar-refractivity contribution in [2.45, 2.75) is 40.2 Å². The number of aromatic nitrogens is 1. The Balaban J connectivity index is 0.000000621. The summed E-state index contributed by atoms with van der Waals surface area (Å²) < 4.78 is 35.8. The molecule has 1 N–H and O–H groups in total. The van der Waals surface area contributed by atoms with Gasteiger partial charge in [0.2, 0.25) is 6.54 Å². The van der Waals surface area contributed by atoms with E-state index in [2.05, 4.69) is 19.9 Å². The standard InChI is InChI=1S/C12H17NO2.ClHO4/c1-8(2)11-6-9(3)5-10(4)13(11)7-12(14)15;2-1(3,4)5/h5-6,8H,7H2,1-4H3;(H,2,3,4,5). The second-order valence-electron chi connectivity index (χ2n) is 4.61. The van der Waals surface area contributed by atoms with Gasteiger partial charge in [-0.2, -0.15) is 4.57 Å². The van der Waals surface area contributed by atoms with Gasteiger partial charge in [0.15, 0.2) is 11.4 Å². The molecule has 0 aliphatic rings. The maximum absolute atomic E-state index is 10.8. The Hall–Kier alpha value is -1.25. The van der Waals surface area contributed by atoms with Crippen LogP contribution >= 0.6 is 0 Å². The Morgan fingerprint density at radius 3 is 2.05 bits per heavy atom. The highest BCUT2D eigenvalue weighted by Crippen LogP contribution is 2.12. The van der Waals surface area contributed by atoms with E-state index in [1.54, 1.807) is 0 Å². The van der Waals surface area contributed by atoms with Crippen LogP contribution in [0.2, 0.25) is 0 Å². The molecule has 0 spiro atoms. The van der Waals surface area contributed by atoms with Crippen molar-refractivity contribution >= 4 is 5.97 Å². The van der Waals surface area contributed by atoms with Crippen LogP contribution in [0, 0.1) is 24.1 Å². The molecule has 0 amide bonds. The number of rotatable bonds is 3. The summed E-state index contributed by atoms with van der Waals surface area (Å²) in [6.45, 7) is 8.17. The SMILES string of the molecule is Cc1cc(C)[n+](CC(=O)O)c(C(C)C)c1.[O-][Cl+3]([O-])([O-])[O-]. The number of aliphatic carboxylic acids is 1. The molecule has 0 fully saturated rings. The highest BCUT2D eigenvalue weighted by molar-refractivity contribution is 5.64. The Labute approximate surface area is 119 Å². The molecule has 0 aliphatic heterocycles. The quantitative estimate of drug-likeness (QED) is 0.593. The molecule has 0 saturated carbocycles. The van der Waals surface area contributed by atoms with Crippen molar-refractivity contribution in [2.24, 2.45) is 0 Å². The van der Waals surface area contributed by atoms with Crippen LogP contribution in [0.1, 0.15) is 36.7 Å². The molecule has 114 valence electrons. The zero-order valence-electron chi connectivity index (χ0n) is 11.8. The molecule has 1 rings (SSSR count). The average molecular weight is 308 g/mol. The topological polar surface area (TPSA) is 133 Å². The summed E-state index contributed by atoms with van der Waals surface area (Å²) in [7, 11) is -4.94. The second kappa shape index (κ2) is 7.51. The normalized spacial score (nSPS) is 11.1. The number of carboxylic acids is 1. The van der Waals surface area contributed by atoms with Crippen LogP contribution in [0.4, 0.5) is 0 Å². The fraction of sp³-hybridized carbons (Fsp3) is 0.500. The van der Waals surface area contributed by atoms with Gasteiger partial charge in [-0.25, -0.2) is 23.4 Å². The Bertz CT molecular complexity index is 464. The lowest BCUT2D eigenvalue weighted by Gasteiger charge is -2.17. The Kier molecular flexibility index (Phi) is 7.04. The fourth-order valence-corrected chi connectivity index (χ4v) is 1.79. The molecule has 0 aromatic carbocycles. The van der Waals surface area contributed by atoms with Gasteiger partial charge in [0.05, 0.1) is 0 Å². The van der Waals surface area contributed by atoms with E-state index < -0.39 is 16.2 Å². The van der Waals surface area contributed by atoms with E-state index in [4.69, 9.17) is 23.7 Å². The molecule has 8 heteroatoms. The van der Waals surface area contributed by atoms with Crippen LogP contribution in [0.3, 0.4) is 0 Å². The lowest BCUT2D eigenvalue weighted by molar-refractivity contribution is -2.00. The van der Waals surface area contributed by atoms with Crippen LogP contribution in [0.5, 0.6) is 0 Å². The van der Waals surface area contributed by atoms with Gasteiger partial charge in [-0.1, -0.05) is 13.8 Å². The van der Waals surface area contributed by atoms with E-state index in [1.807, 2.05) is 24.5 Å². The number of carboxylic acid groups (broad SMARTS) is 1. The third kappa shape index (κ3) is 8.03. The first kappa shape index (κ1) is 18.8. The molecule has 0 atom stereocenters. The molecule has 1 heterocycles. The first-order valence-corrected chi connectivity index (χ1v) is 6.99. The molecule has 0 unspecified atom stereocenters. The lowest BCUT2D eigenvalue weighted by atomic mass is 10.1. The number of pyridine rings is 1. The van der Waals surface area contributed by atoms with Crippen molar-refractivity contribution in [1.29, 1.82) is 0 Å². The number of carbonyl (C=O) groups is 1. The minimum Gasteiger partial charge on any atom is -0.477 e. The van der Waals surface area contributed by atoms with Gasteiger partial charge in [0, 0.05) is 25.0 Å². The summed E-state index contributed by atoms with van der Waals surface area (Å²) >= 11 is 0. The highest BCUT2D eigenvalue weighted by atomic mass is 35.7. The molecule has 0 radical (unpaired) electrons. The summed E-state index contributed by atoms with van der Waals surface area (Å²) in [6.07, 6.45) is 0. The van der Waals surface area contributed by atoms with Crippen molar-refractivity contribution in [1.82, 2.24) is 0 Å². The van der Waals surface area contributed by atoms with E-state index >= 15 is 0 Å². The number of hydrogen-bond acceptors (Lipinski definition) is 5. The fourth-order valence-electron chi connectivity index (χ4n) is 1.79. The molecule has 0 saturated heterocycles. The molecule has 1 aromatic rings. The summed E-state index contributed by atoms with van der Waals surface area (Å²) in [5.74, 6) is -0.461. The second-order valence-corrected chi connectivity index (χ2v) is 5.37. The summed E-state index contributed by atoms with van der Waals surface area (Å²) in [4.78, 5) is 10.8. The zero-order valence-corrected chi connectivity index (χ0v) is 12.5. The van der Waals surface area contributed by atoms with Gasteiger partial charge in [-0.3, -0.25) is 0 Å². The first-order chi connectivity index (χ1) is 8.91. The van der Waals surface area contributed by atoms with Gasteiger partial charge in [0.25, 0.3) is 0 Å². The minimum absolute atomic E-state index is 0.0413. The summed E-state index contributed by atoms with van der Waals surface area (Å²) in [6, 6.07) is 4.06. The van der Waals surface area contributed by atoms with Gasteiger partial charge in [-0.05, 0) is 12.5 Å². The van der Waals surface area contributed by atoms with E-state index in [1.165, 1.54) is 5.56 Å². The predicted molar refractivity (Wildman–Crippen MR) is 57.8 cm³/mol. The van der Waals surface area contributed by atoms with Gasteiger partial charge < -0.3 is 5.11 Å². The third-order valence-corrected chi connectivity index (χ3v) is 2.43. The van der Waals surface area contributed by atoms with E-state index in [0.29, 0.717) is 5.92 Å². The van der Waals surface area contributed by atoms with Gasteiger partial charge in [0.1, 0.15) is 0 Å². The van der Waals surface area contributed by atoms with Crippen LogP contribution in [0.15, 0.2) is 12.1 Å². The van der Waals surface area contributed by atoms with Crippen LogP contribution in [-0.4, -0.2) is 11.1 Å². The molecular weight excluding hydrogens is 290 g/mol. The number of halogens is 1. The van der Waals surface area contributed by atoms with Crippen LogP contribution < -0.4 is 23.2 Å². The van der Waals surface area contributed by atoms with Crippen molar-refractivity contribution < 1.29 is 43.3 Å². The van der Waals surface area contributed by atoms with Crippen LogP contribution in [0.25, 0.3) is 0 Å². The minimum atomic E-state index is -4.94. The number of hydrogen-bond donors (Lipinski definition) is 1. The van der Waals surface area contributed by atoms with Crippen LogP contribution in [-0.2, 0) is 11.3 Å². The molecule has 0 aliphatic carbocycles. The van der Waals surface area contributed by atoms with Crippen molar-refractivity contribution in [3.05, 3.63) is 29.1 Å². The van der Waals surface area contributed by atoms with Crippen molar-refractivity contribution in [3.63, 3.8) is 0 Å². The predicted octanol–water partition coefficient (Wildman–Crippen LogP) is -2.96. The van der Waals surface area contributed by atoms with E-state index in [0.717, 1.165) is 11.4 Å². The van der Waals surface area contributed by atoms with Crippen molar-refractivity contribution in [2.75, 3.05) is 0 Å². The maximum Gasteiger partial charge on any atom is 0.370 e. The number of aryl methyl sites for hydroxylation is 2. The average Bonchev–Trinajstić information content (AvgIpc) is 2.18. The lowest BCUT2D eigenvalue weighted by Crippen LogP contribution is -2.68. The molecule has 20 heavy (non-hydrogen) atoms. The monoisotopic (exact) mass is 307 g/mol. The maximum atomic E-state index is 10.8. The first-order valence-electron chi connectivity index (χ1n) is 5.76. The van der Waals surface area contributed by atoms with Crippen molar-refractivity contribution in [3.8, 4) is 0 Å². The van der Waals surface area contributed by atoms with E-state index in [-0.39, 0.29) is 6.54 Å². The molecule has 1 aromatic heterocycles. The highest BCUT2D eigenvalue weighted by Gasteiger charge is 2.20. The van der Waals surface area contributed by atoms with Gasteiger partial charge >= 0.3 is 5.97 Å². The summed E-state index contributed by atoms with van der Waals surface area (Å²) in [5, 5.41) is 8.85. The smallest absolute Gasteiger partial charge is 0.370 e. The van der Waals surface area contributed by atoms with E-state index in [9.17, 15) is 4.79 Å².